The van der Waals surface area contributed by atoms with Gasteiger partial charge >= 0.3 is 5.97 Å². The molecule has 1 saturated heterocycles. The zero-order valence-corrected chi connectivity index (χ0v) is 21.6. The number of fused-ring (bicyclic) bond motifs is 6. The van der Waals surface area contributed by atoms with Crippen molar-refractivity contribution in [2.24, 2.45) is 10.9 Å². The van der Waals surface area contributed by atoms with E-state index in [9.17, 15) is 9.59 Å². The van der Waals surface area contributed by atoms with Crippen LogP contribution in [-0.4, -0.2) is 53.7 Å². The summed E-state index contributed by atoms with van der Waals surface area (Å²) in [6, 6.07) is 23.7. The van der Waals surface area contributed by atoms with Gasteiger partial charge < -0.3 is 18.9 Å². The van der Waals surface area contributed by atoms with Crippen LogP contribution in [0.4, 0.5) is 0 Å². The molecule has 0 spiro atoms. The summed E-state index contributed by atoms with van der Waals surface area (Å²) in [5.41, 5.74) is 1.11. The molecule has 38 heavy (non-hydrogen) atoms. The minimum Gasteiger partial charge on any atom is -0.497 e. The van der Waals surface area contributed by atoms with Crippen LogP contribution in [0.3, 0.4) is 0 Å². The predicted octanol–water partition coefficient (Wildman–Crippen LogP) is 4.46. The molecule has 0 N–H and O–H groups in total. The van der Waals surface area contributed by atoms with Gasteiger partial charge in [-0.3, -0.25) is 9.69 Å². The number of nitrogens with zero attached hydrogens (tertiary/aromatic N) is 2. The summed E-state index contributed by atoms with van der Waals surface area (Å²) >= 11 is 1.39. The number of aliphatic imine (C=N–C) groups is 1. The Hall–Kier alpha value is -3.82. The average molecular weight is 531 g/mol. The van der Waals surface area contributed by atoms with E-state index in [-0.39, 0.29) is 19.1 Å². The topological polar surface area (TPSA) is 86.7 Å². The van der Waals surface area contributed by atoms with Gasteiger partial charge in [0.1, 0.15) is 24.7 Å². The molecular weight excluding hydrogens is 504 g/mol. The van der Waals surface area contributed by atoms with Gasteiger partial charge in [0.15, 0.2) is 5.17 Å². The summed E-state index contributed by atoms with van der Waals surface area (Å²) in [5.74, 6) is 0.766. The van der Waals surface area contributed by atoms with Gasteiger partial charge in [-0.1, -0.05) is 60.3 Å². The number of carbonyl (C=O) groups is 2. The van der Waals surface area contributed by atoms with E-state index < -0.39 is 23.7 Å². The Labute approximate surface area is 224 Å². The summed E-state index contributed by atoms with van der Waals surface area (Å²) in [5, 5.41) is 0.605. The zero-order chi connectivity index (χ0) is 26.1. The molecule has 3 aliphatic rings. The maximum absolute atomic E-state index is 13.0. The molecule has 0 unspecified atom stereocenters. The van der Waals surface area contributed by atoms with Crippen molar-refractivity contribution in [3.05, 3.63) is 95.6 Å². The van der Waals surface area contributed by atoms with Gasteiger partial charge in [0.25, 0.3) is 0 Å². The Morgan fingerprint density at radius 3 is 2.63 bits per heavy atom. The number of rotatable bonds is 8. The number of benzene rings is 3. The van der Waals surface area contributed by atoms with Crippen molar-refractivity contribution in [3.8, 4) is 11.5 Å². The van der Waals surface area contributed by atoms with Crippen molar-refractivity contribution in [2.75, 3.05) is 26.1 Å². The molecule has 0 saturated carbocycles. The first-order valence-corrected chi connectivity index (χ1v) is 13.3. The van der Waals surface area contributed by atoms with Crippen molar-refractivity contribution >= 4 is 28.8 Å². The van der Waals surface area contributed by atoms with Gasteiger partial charge in [0.05, 0.1) is 37.0 Å². The number of methoxy groups -OCH3 is 1. The summed E-state index contributed by atoms with van der Waals surface area (Å²) in [6.45, 7) is 0.450. The average Bonchev–Trinajstić information content (AvgIpc) is 3.31. The molecule has 1 amide bonds. The lowest BCUT2D eigenvalue weighted by Crippen LogP contribution is -2.61. The summed E-state index contributed by atoms with van der Waals surface area (Å²) in [4.78, 5) is 32.6. The molecule has 1 fully saturated rings. The number of esters is 1. The van der Waals surface area contributed by atoms with Gasteiger partial charge in [-0.25, -0.2) is 9.79 Å². The summed E-state index contributed by atoms with van der Waals surface area (Å²) in [7, 11) is 1.63. The second kappa shape index (κ2) is 10.2. The van der Waals surface area contributed by atoms with Crippen molar-refractivity contribution in [2.45, 2.75) is 18.4 Å². The zero-order valence-electron chi connectivity index (χ0n) is 20.7. The first-order chi connectivity index (χ1) is 18.6. The number of thioether (sulfide) groups is 1. The molecule has 194 valence electrons. The fraction of sp³-hybridized carbons (Fsp3) is 0.276. The van der Waals surface area contributed by atoms with E-state index in [4.69, 9.17) is 23.9 Å². The van der Waals surface area contributed by atoms with E-state index in [1.807, 2.05) is 54.6 Å². The molecule has 8 nitrogen and oxygen atoms in total. The second-order valence-corrected chi connectivity index (χ2v) is 10.2. The molecule has 9 heteroatoms. The summed E-state index contributed by atoms with van der Waals surface area (Å²) in [6.07, 6.45) is 0. The molecule has 3 aliphatic heterocycles. The third-order valence-corrected chi connectivity index (χ3v) is 7.93. The lowest BCUT2D eigenvalue weighted by atomic mass is 9.80. The van der Waals surface area contributed by atoms with Crippen LogP contribution >= 0.6 is 11.8 Å². The van der Waals surface area contributed by atoms with Crippen LogP contribution in [-0.2, 0) is 20.9 Å². The van der Waals surface area contributed by atoms with Gasteiger partial charge in [0, 0.05) is 5.56 Å². The number of ether oxygens (including phenoxy) is 4. The standard InChI is InChI=1S/C29H26N2O6S/c1-34-21-13-11-19(12-14-21)15-35-18-29-23(16-36-27(33)20-7-3-2-4-8-20)26(22-9-5-6-10-24(22)37-29)31-25(32)17-38-28(31)30-29/h2-14,23,26H,15-18H2,1H3/t23-,26-,29-/m1/s1. The van der Waals surface area contributed by atoms with Gasteiger partial charge in [-0.2, -0.15) is 0 Å². The second-order valence-electron chi connectivity index (χ2n) is 9.29. The van der Waals surface area contributed by atoms with E-state index in [0.717, 1.165) is 16.9 Å². The number of amidine groups is 1. The first-order valence-electron chi connectivity index (χ1n) is 12.3. The molecule has 3 aromatic rings. The number of hydrogen-bond acceptors (Lipinski definition) is 8. The molecule has 3 aromatic carbocycles. The normalized spacial score (nSPS) is 23.1. The maximum atomic E-state index is 13.0. The smallest absolute Gasteiger partial charge is 0.338 e. The molecule has 0 radical (unpaired) electrons. The third-order valence-electron chi connectivity index (χ3n) is 6.99. The van der Waals surface area contributed by atoms with Crippen molar-refractivity contribution in [3.63, 3.8) is 0 Å². The van der Waals surface area contributed by atoms with Crippen LogP contribution in [0.1, 0.15) is 27.5 Å². The van der Waals surface area contributed by atoms with Gasteiger partial charge in [-0.15, -0.1) is 0 Å². The highest BCUT2D eigenvalue weighted by Gasteiger charge is 2.59. The predicted molar refractivity (Wildman–Crippen MR) is 142 cm³/mol. The molecule has 6 rings (SSSR count). The number of amides is 1. The Morgan fingerprint density at radius 1 is 1.08 bits per heavy atom. The molecule has 3 atom stereocenters. The van der Waals surface area contributed by atoms with Crippen LogP contribution < -0.4 is 9.47 Å². The van der Waals surface area contributed by atoms with Crippen molar-refractivity contribution in [1.29, 1.82) is 0 Å². The van der Waals surface area contributed by atoms with E-state index in [0.29, 0.717) is 28.8 Å². The van der Waals surface area contributed by atoms with Gasteiger partial charge in [-0.05, 0) is 35.9 Å². The number of para-hydroxylation sites is 1. The van der Waals surface area contributed by atoms with Crippen LogP contribution in [0.15, 0.2) is 83.9 Å². The first kappa shape index (κ1) is 24.5. The Morgan fingerprint density at radius 2 is 1.84 bits per heavy atom. The van der Waals surface area contributed by atoms with E-state index in [1.54, 1.807) is 36.3 Å². The van der Waals surface area contributed by atoms with Crippen LogP contribution in [0.2, 0.25) is 0 Å². The Bertz CT molecular complexity index is 1380. The highest BCUT2D eigenvalue weighted by Crippen LogP contribution is 2.53. The van der Waals surface area contributed by atoms with Crippen molar-refractivity contribution < 1.29 is 28.5 Å². The fourth-order valence-corrected chi connectivity index (χ4v) is 6.08. The Kier molecular flexibility index (Phi) is 6.55. The molecule has 0 aliphatic carbocycles. The highest BCUT2D eigenvalue weighted by atomic mass is 32.2. The van der Waals surface area contributed by atoms with E-state index in [2.05, 4.69) is 0 Å². The van der Waals surface area contributed by atoms with Crippen molar-refractivity contribution in [1.82, 2.24) is 4.90 Å². The minimum atomic E-state index is -1.17. The lowest BCUT2D eigenvalue weighted by Gasteiger charge is -2.51. The monoisotopic (exact) mass is 530 g/mol. The van der Waals surface area contributed by atoms with Crippen LogP contribution in [0, 0.1) is 5.92 Å². The third kappa shape index (κ3) is 4.41. The maximum Gasteiger partial charge on any atom is 0.338 e. The van der Waals surface area contributed by atoms with E-state index >= 15 is 0 Å². The highest BCUT2D eigenvalue weighted by molar-refractivity contribution is 8.15. The summed E-state index contributed by atoms with van der Waals surface area (Å²) < 4.78 is 23.8. The molecule has 2 bridgehead atoms. The molecule has 3 heterocycles. The quantitative estimate of drug-likeness (QED) is 0.398. The van der Waals surface area contributed by atoms with E-state index in [1.165, 1.54) is 11.8 Å². The molecule has 0 aromatic heterocycles. The number of carbonyl (C=O) groups excluding carboxylic acids is 2. The SMILES string of the molecule is COc1ccc(COC[C@@]23N=C4SCC(=O)N4[C@H](c4ccccc4O2)[C@H]3COC(=O)c2ccccc2)cc1. The Balaban J connectivity index is 1.32. The van der Waals surface area contributed by atoms with Crippen LogP contribution in [0.5, 0.6) is 11.5 Å². The lowest BCUT2D eigenvalue weighted by molar-refractivity contribution is -0.141. The molecular formula is C29H26N2O6S. The largest absolute Gasteiger partial charge is 0.497 e. The minimum absolute atomic E-state index is 0.00382. The van der Waals surface area contributed by atoms with Gasteiger partial charge in [0.2, 0.25) is 11.6 Å². The number of hydrogen-bond donors (Lipinski definition) is 0. The fourth-order valence-electron chi connectivity index (χ4n) is 5.12. The van der Waals surface area contributed by atoms with Crippen LogP contribution in [0.25, 0.3) is 0 Å².